The van der Waals surface area contributed by atoms with Crippen LogP contribution in [0.15, 0.2) is 81.3 Å². The van der Waals surface area contributed by atoms with Gasteiger partial charge in [-0.15, -0.1) is 0 Å². The molecule has 0 bridgehead atoms. The van der Waals surface area contributed by atoms with Crippen molar-refractivity contribution in [1.29, 1.82) is 0 Å². The summed E-state index contributed by atoms with van der Waals surface area (Å²) in [7, 11) is 0. The summed E-state index contributed by atoms with van der Waals surface area (Å²) in [6.07, 6.45) is 2.28. The van der Waals surface area contributed by atoms with E-state index in [9.17, 15) is 10.0 Å². The third-order valence-electron chi connectivity index (χ3n) is 5.01. The highest BCUT2D eigenvalue weighted by molar-refractivity contribution is 9.10. The van der Waals surface area contributed by atoms with Crippen LogP contribution in [0.5, 0.6) is 0 Å². The van der Waals surface area contributed by atoms with E-state index in [-0.39, 0.29) is 11.5 Å². The lowest BCUT2D eigenvalue weighted by atomic mass is 9.83. The first-order valence-electron chi connectivity index (χ1n) is 9.26. The summed E-state index contributed by atoms with van der Waals surface area (Å²) in [5.41, 5.74) is 4.76. The van der Waals surface area contributed by atoms with Crippen LogP contribution in [0, 0.1) is 6.92 Å². The molecule has 1 aromatic heterocycles. The molecule has 0 aliphatic rings. The molecule has 0 saturated heterocycles. The Hall–Kier alpha value is -2.66. The van der Waals surface area contributed by atoms with Gasteiger partial charge in [0, 0.05) is 41.2 Å². The summed E-state index contributed by atoms with van der Waals surface area (Å²) in [6.45, 7) is 4.58. The van der Waals surface area contributed by atoms with Gasteiger partial charge in [0.05, 0.1) is 5.71 Å². The van der Waals surface area contributed by atoms with E-state index in [1.54, 1.807) is 16.8 Å². The number of benzene rings is 2. The highest BCUT2D eigenvalue weighted by Crippen LogP contribution is 2.32. The molecule has 0 aliphatic heterocycles. The van der Waals surface area contributed by atoms with Crippen LogP contribution >= 0.6 is 15.9 Å². The monoisotopic (exact) mass is 438 g/mol. The van der Waals surface area contributed by atoms with Crippen molar-refractivity contribution in [2.24, 2.45) is 5.16 Å². The van der Waals surface area contributed by atoms with Gasteiger partial charge in [-0.2, -0.15) is 0 Å². The Morgan fingerprint density at radius 2 is 1.82 bits per heavy atom. The van der Waals surface area contributed by atoms with Gasteiger partial charge in [0.2, 0.25) is 0 Å². The Balaban J connectivity index is 2.04. The summed E-state index contributed by atoms with van der Waals surface area (Å²) in [4.78, 5) is 11.9. The number of halogens is 1. The third kappa shape index (κ3) is 4.42. The molecule has 3 rings (SSSR count). The van der Waals surface area contributed by atoms with Gasteiger partial charge in [0.1, 0.15) is 0 Å². The molecule has 0 saturated carbocycles. The SMILES string of the molecule is CCn1cc(/C(CC(c2ccc(Br)cc2)c2ccccc2C)=N/O)ccc1=O. The second kappa shape index (κ2) is 9.02. The molecule has 0 aliphatic carbocycles. The number of nitrogens with zero attached hydrogens (tertiary/aromatic N) is 2. The molecule has 1 unspecified atom stereocenters. The van der Waals surface area contributed by atoms with Crippen LogP contribution < -0.4 is 5.56 Å². The summed E-state index contributed by atoms with van der Waals surface area (Å²) in [5, 5.41) is 13.4. The lowest BCUT2D eigenvalue weighted by molar-refractivity contribution is 0.317. The zero-order chi connectivity index (χ0) is 20.1. The zero-order valence-corrected chi connectivity index (χ0v) is 17.6. The fourth-order valence-electron chi connectivity index (χ4n) is 3.44. The first kappa shape index (κ1) is 20.1. The van der Waals surface area contributed by atoms with Crippen LogP contribution in [0.4, 0.5) is 0 Å². The highest BCUT2D eigenvalue weighted by Gasteiger charge is 2.20. The van der Waals surface area contributed by atoms with Crippen molar-refractivity contribution in [3.63, 3.8) is 0 Å². The number of rotatable bonds is 6. The second-order valence-corrected chi connectivity index (χ2v) is 7.67. The number of aromatic nitrogens is 1. The minimum Gasteiger partial charge on any atom is -0.411 e. The van der Waals surface area contributed by atoms with E-state index in [4.69, 9.17) is 0 Å². The summed E-state index contributed by atoms with van der Waals surface area (Å²) in [6, 6.07) is 19.7. The van der Waals surface area contributed by atoms with Crippen molar-refractivity contribution in [3.05, 3.63) is 104 Å². The van der Waals surface area contributed by atoms with Crippen LogP contribution in [-0.2, 0) is 6.54 Å². The van der Waals surface area contributed by atoms with Gasteiger partial charge in [-0.25, -0.2) is 0 Å². The van der Waals surface area contributed by atoms with Gasteiger partial charge in [-0.1, -0.05) is 57.5 Å². The van der Waals surface area contributed by atoms with Gasteiger partial charge in [0.15, 0.2) is 0 Å². The maximum absolute atomic E-state index is 11.9. The Morgan fingerprint density at radius 3 is 2.46 bits per heavy atom. The van der Waals surface area contributed by atoms with Crippen molar-refractivity contribution < 1.29 is 5.21 Å². The van der Waals surface area contributed by atoms with Crippen molar-refractivity contribution in [2.75, 3.05) is 0 Å². The maximum Gasteiger partial charge on any atom is 0.250 e. The fraction of sp³-hybridized carbons (Fsp3) is 0.217. The standard InChI is InChI=1S/C23H23BrN2O2/c1-3-26-15-18(10-13-23(26)27)22(25-28)14-21(17-8-11-19(24)12-9-17)20-7-5-4-6-16(20)2/h4-13,15,21,28H,3,14H2,1-2H3/b25-22+. The summed E-state index contributed by atoms with van der Waals surface area (Å²) in [5.74, 6) is 0.0298. The average molecular weight is 439 g/mol. The van der Waals surface area contributed by atoms with E-state index in [0.717, 1.165) is 15.6 Å². The summed E-state index contributed by atoms with van der Waals surface area (Å²) >= 11 is 3.49. The molecule has 0 fully saturated rings. The van der Waals surface area contributed by atoms with E-state index < -0.39 is 0 Å². The molecular weight excluding hydrogens is 416 g/mol. The van der Waals surface area contributed by atoms with Gasteiger partial charge < -0.3 is 9.77 Å². The van der Waals surface area contributed by atoms with Crippen LogP contribution in [0.2, 0.25) is 0 Å². The highest BCUT2D eigenvalue weighted by atomic mass is 79.9. The van der Waals surface area contributed by atoms with Crippen molar-refractivity contribution in [1.82, 2.24) is 4.57 Å². The zero-order valence-electron chi connectivity index (χ0n) is 16.0. The number of pyridine rings is 1. The molecule has 4 nitrogen and oxygen atoms in total. The molecule has 3 aromatic rings. The smallest absolute Gasteiger partial charge is 0.250 e. The van der Waals surface area contributed by atoms with Crippen LogP contribution in [0.3, 0.4) is 0 Å². The van der Waals surface area contributed by atoms with E-state index in [2.05, 4.69) is 52.3 Å². The van der Waals surface area contributed by atoms with Crippen LogP contribution in [0.25, 0.3) is 0 Å². The topological polar surface area (TPSA) is 54.6 Å². The Labute approximate surface area is 173 Å². The molecule has 0 amide bonds. The fourth-order valence-corrected chi connectivity index (χ4v) is 3.70. The van der Waals surface area contributed by atoms with E-state index in [0.29, 0.717) is 18.7 Å². The second-order valence-electron chi connectivity index (χ2n) is 6.75. The predicted octanol–water partition coefficient (Wildman–Crippen LogP) is 5.34. The Bertz CT molecular complexity index is 1040. The maximum atomic E-state index is 11.9. The normalized spacial score (nSPS) is 12.8. The van der Waals surface area contributed by atoms with Gasteiger partial charge in [0.25, 0.3) is 5.56 Å². The first-order valence-corrected chi connectivity index (χ1v) is 10.1. The molecule has 2 aromatic carbocycles. The van der Waals surface area contributed by atoms with Gasteiger partial charge in [-0.05, 0) is 48.7 Å². The Morgan fingerprint density at radius 1 is 1.11 bits per heavy atom. The molecule has 1 atom stereocenters. The minimum absolute atomic E-state index is 0.0298. The first-order chi connectivity index (χ1) is 13.5. The number of hydrogen-bond acceptors (Lipinski definition) is 3. The quantitative estimate of drug-likeness (QED) is 0.320. The number of hydrogen-bond donors (Lipinski definition) is 1. The van der Waals surface area contributed by atoms with E-state index in [1.807, 2.05) is 31.2 Å². The minimum atomic E-state index is -0.0631. The largest absolute Gasteiger partial charge is 0.411 e. The molecule has 144 valence electrons. The third-order valence-corrected chi connectivity index (χ3v) is 5.54. The average Bonchev–Trinajstić information content (AvgIpc) is 2.71. The van der Waals surface area contributed by atoms with Gasteiger partial charge >= 0.3 is 0 Å². The molecule has 0 spiro atoms. The van der Waals surface area contributed by atoms with Crippen molar-refractivity contribution in [3.8, 4) is 0 Å². The molecule has 5 heteroatoms. The molecular formula is C23H23BrN2O2. The number of aryl methyl sites for hydroxylation is 2. The molecule has 0 radical (unpaired) electrons. The van der Waals surface area contributed by atoms with E-state index >= 15 is 0 Å². The Kier molecular flexibility index (Phi) is 6.47. The van der Waals surface area contributed by atoms with Crippen molar-refractivity contribution >= 4 is 21.6 Å². The molecule has 28 heavy (non-hydrogen) atoms. The van der Waals surface area contributed by atoms with Gasteiger partial charge in [-0.3, -0.25) is 4.79 Å². The molecule has 1 heterocycles. The number of oxime groups is 1. The lowest BCUT2D eigenvalue weighted by Crippen LogP contribution is -2.20. The predicted molar refractivity (Wildman–Crippen MR) is 116 cm³/mol. The van der Waals surface area contributed by atoms with Crippen LogP contribution in [0.1, 0.15) is 41.5 Å². The van der Waals surface area contributed by atoms with E-state index in [1.165, 1.54) is 17.2 Å². The lowest BCUT2D eigenvalue weighted by Gasteiger charge is -2.21. The van der Waals surface area contributed by atoms with Crippen LogP contribution in [-0.4, -0.2) is 15.5 Å². The molecule has 1 N–H and O–H groups in total. The summed E-state index contributed by atoms with van der Waals surface area (Å²) < 4.78 is 2.63. The van der Waals surface area contributed by atoms with Crippen molar-refractivity contribution in [2.45, 2.75) is 32.7 Å².